The van der Waals surface area contributed by atoms with E-state index in [2.05, 4.69) is 24.3 Å². The van der Waals surface area contributed by atoms with E-state index in [9.17, 15) is 0 Å². The van der Waals surface area contributed by atoms with Gasteiger partial charge in [-0.3, -0.25) is 0 Å². The molecule has 3 rings (SSSR count). The van der Waals surface area contributed by atoms with Gasteiger partial charge in [0.2, 0.25) is 0 Å². The molecule has 2 N–H and O–H groups in total. The third kappa shape index (κ3) is 3.15. The van der Waals surface area contributed by atoms with Gasteiger partial charge in [0.25, 0.3) is 0 Å². The largest absolute Gasteiger partial charge is 0.489 e. The first-order chi connectivity index (χ1) is 9.33. The average molecular weight is 253 g/mol. The Labute approximate surface area is 114 Å². The van der Waals surface area contributed by atoms with Gasteiger partial charge in [-0.05, 0) is 42.0 Å². The van der Waals surface area contributed by atoms with Crippen LogP contribution in [-0.4, -0.2) is 0 Å². The molecule has 1 saturated carbocycles. The summed E-state index contributed by atoms with van der Waals surface area (Å²) in [5.41, 5.74) is 8.57. The monoisotopic (exact) mass is 253 g/mol. The molecule has 0 amide bonds. The molecule has 19 heavy (non-hydrogen) atoms. The van der Waals surface area contributed by atoms with Gasteiger partial charge in [0.1, 0.15) is 12.4 Å². The Kier molecular flexibility index (Phi) is 3.51. The zero-order valence-electron chi connectivity index (χ0n) is 11.0. The SMILES string of the molecule is NC(c1ccc(OCc2ccccc2)cc1)C1CC1. The molecule has 0 aromatic heterocycles. The number of rotatable bonds is 5. The third-order valence-electron chi connectivity index (χ3n) is 3.64. The van der Waals surface area contributed by atoms with E-state index in [1.807, 2.05) is 30.3 Å². The molecule has 98 valence electrons. The highest BCUT2D eigenvalue weighted by molar-refractivity contribution is 5.30. The highest BCUT2D eigenvalue weighted by Crippen LogP contribution is 2.39. The Hall–Kier alpha value is -1.80. The van der Waals surface area contributed by atoms with Crippen molar-refractivity contribution in [1.82, 2.24) is 0 Å². The van der Waals surface area contributed by atoms with Crippen LogP contribution in [0.1, 0.15) is 30.0 Å². The first-order valence-corrected chi connectivity index (χ1v) is 6.85. The summed E-state index contributed by atoms with van der Waals surface area (Å²) < 4.78 is 5.76. The maximum absolute atomic E-state index is 6.17. The topological polar surface area (TPSA) is 35.2 Å². The minimum atomic E-state index is 0.197. The van der Waals surface area contributed by atoms with E-state index in [0.29, 0.717) is 12.5 Å². The van der Waals surface area contributed by atoms with Crippen LogP contribution in [0.5, 0.6) is 5.75 Å². The van der Waals surface area contributed by atoms with E-state index in [1.165, 1.54) is 24.0 Å². The maximum atomic E-state index is 6.17. The second-order valence-electron chi connectivity index (χ2n) is 5.21. The summed E-state index contributed by atoms with van der Waals surface area (Å²) in [5.74, 6) is 1.59. The maximum Gasteiger partial charge on any atom is 0.119 e. The molecule has 0 aliphatic heterocycles. The summed E-state index contributed by atoms with van der Waals surface area (Å²) in [5, 5.41) is 0. The molecule has 1 aliphatic rings. The summed E-state index contributed by atoms with van der Waals surface area (Å²) in [4.78, 5) is 0. The smallest absolute Gasteiger partial charge is 0.119 e. The molecule has 2 aromatic rings. The van der Waals surface area contributed by atoms with Crippen molar-refractivity contribution >= 4 is 0 Å². The third-order valence-corrected chi connectivity index (χ3v) is 3.64. The standard InChI is InChI=1S/C17H19NO/c18-17(14-6-7-14)15-8-10-16(11-9-15)19-12-13-4-2-1-3-5-13/h1-5,8-11,14,17H,6-7,12,18H2. The second kappa shape index (κ2) is 5.45. The molecule has 2 nitrogen and oxygen atoms in total. The number of hydrogen-bond donors (Lipinski definition) is 1. The first-order valence-electron chi connectivity index (χ1n) is 6.85. The van der Waals surface area contributed by atoms with Crippen LogP contribution in [0.3, 0.4) is 0 Å². The fraction of sp³-hybridized carbons (Fsp3) is 0.294. The van der Waals surface area contributed by atoms with Crippen molar-refractivity contribution < 1.29 is 4.74 Å². The van der Waals surface area contributed by atoms with Crippen LogP contribution in [0.25, 0.3) is 0 Å². The molecule has 1 atom stereocenters. The fourth-order valence-corrected chi connectivity index (χ4v) is 2.25. The van der Waals surface area contributed by atoms with Gasteiger partial charge in [-0.25, -0.2) is 0 Å². The summed E-state index contributed by atoms with van der Waals surface area (Å²) >= 11 is 0. The van der Waals surface area contributed by atoms with Crippen LogP contribution in [0, 0.1) is 5.92 Å². The van der Waals surface area contributed by atoms with Gasteiger partial charge in [0.05, 0.1) is 0 Å². The van der Waals surface area contributed by atoms with E-state index in [1.54, 1.807) is 0 Å². The quantitative estimate of drug-likeness (QED) is 0.882. The van der Waals surface area contributed by atoms with Gasteiger partial charge in [-0.2, -0.15) is 0 Å². The molecule has 0 radical (unpaired) electrons. The average Bonchev–Trinajstić information content (AvgIpc) is 3.31. The minimum absolute atomic E-state index is 0.197. The first kappa shape index (κ1) is 12.2. The molecular weight excluding hydrogens is 234 g/mol. The summed E-state index contributed by atoms with van der Waals surface area (Å²) in [7, 11) is 0. The molecule has 1 aliphatic carbocycles. The van der Waals surface area contributed by atoms with Gasteiger partial charge < -0.3 is 10.5 Å². The van der Waals surface area contributed by atoms with Crippen molar-refractivity contribution in [3.05, 3.63) is 65.7 Å². The van der Waals surface area contributed by atoms with E-state index >= 15 is 0 Å². The van der Waals surface area contributed by atoms with Crippen LogP contribution in [0.15, 0.2) is 54.6 Å². The molecule has 0 bridgehead atoms. The van der Waals surface area contributed by atoms with Gasteiger partial charge in [0, 0.05) is 6.04 Å². The van der Waals surface area contributed by atoms with Crippen molar-refractivity contribution in [2.24, 2.45) is 11.7 Å². The van der Waals surface area contributed by atoms with Crippen LogP contribution in [0.2, 0.25) is 0 Å². The fourth-order valence-electron chi connectivity index (χ4n) is 2.25. The summed E-state index contributed by atoms with van der Waals surface area (Å²) in [6, 6.07) is 18.6. The van der Waals surface area contributed by atoms with Gasteiger partial charge >= 0.3 is 0 Å². The Morgan fingerprint density at radius 2 is 1.68 bits per heavy atom. The molecule has 2 heteroatoms. The minimum Gasteiger partial charge on any atom is -0.489 e. The van der Waals surface area contributed by atoms with Gasteiger partial charge in [-0.15, -0.1) is 0 Å². The highest BCUT2D eigenvalue weighted by atomic mass is 16.5. The highest BCUT2D eigenvalue weighted by Gasteiger charge is 2.29. The molecular formula is C17H19NO. The molecule has 0 spiro atoms. The number of hydrogen-bond acceptors (Lipinski definition) is 2. The Morgan fingerprint density at radius 1 is 1.00 bits per heavy atom. The van der Waals surface area contributed by atoms with Crippen LogP contribution in [-0.2, 0) is 6.61 Å². The lowest BCUT2D eigenvalue weighted by molar-refractivity contribution is 0.306. The van der Waals surface area contributed by atoms with Crippen molar-refractivity contribution in [3.63, 3.8) is 0 Å². The zero-order chi connectivity index (χ0) is 13.1. The molecule has 1 unspecified atom stereocenters. The number of benzene rings is 2. The molecule has 1 fully saturated rings. The van der Waals surface area contributed by atoms with Gasteiger partial charge in [-0.1, -0.05) is 42.5 Å². The summed E-state index contributed by atoms with van der Waals surface area (Å²) in [6.07, 6.45) is 2.54. The van der Waals surface area contributed by atoms with Crippen LogP contribution < -0.4 is 10.5 Å². The Morgan fingerprint density at radius 3 is 2.32 bits per heavy atom. The van der Waals surface area contributed by atoms with E-state index in [-0.39, 0.29) is 6.04 Å². The zero-order valence-corrected chi connectivity index (χ0v) is 11.0. The Bertz CT molecular complexity index is 517. The van der Waals surface area contributed by atoms with E-state index < -0.39 is 0 Å². The lowest BCUT2D eigenvalue weighted by Gasteiger charge is -2.12. The number of ether oxygens (including phenoxy) is 1. The van der Waals surface area contributed by atoms with E-state index in [0.717, 1.165) is 5.75 Å². The lowest BCUT2D eigenvalue weighted by atomic mass is 10.0. The van der Waals surface area contributed by atoms with Crippen LogP contribution in [0.4, 0.5) is 0 Å². The molecule has 2 aromatic carbocycles. The lowest BCUT2D eigenvalue weighted by Crippen LogP contribution is -2.11. The van der Waals surface area contributed by atoms with Crippen molar-refractivity contribution in [2.45, 2.75) is 25.5 Å². The number of nitrogens with two attached hydrogens (primary N) is 1. The van der Waals surface area contributed by atoms with Crippen molar-refractivity contribution in [3.8, 4) is 5.75 Å². The van der Waals surface area contributed by atoms with Crippen molar-refractivity contribution in [2.75, 3.05) is 0 Å². The van der Waals surface area contributed by atoms with Gasteiger partial charge in [0.15, 0.2) is 0 Å². The van der Waals surface area contributed by atoms with Crippen molar-refractivity contribution in [1.29, 1.82) is 0 Å². The predicted molar refractivity (Wildman–Crippen MR) is 76.9 cm³/mol. The normalized spacial score (nSPS) is 16.1. The predicted octanol–water partition coefficient (Wildman–Crippen LogP) is 3.68. The second-order valence-corrected chi connectivity index (χ2v) is 5.21. The Balaban J connectivity index is 1.59. The summed E-state index contributed by atoms with van der Waals surface area (Å²) in [6.45, 7) is 0.606. The molecule has 0 heterocycles. The van der Waals surface area contributed by atoms with Crippen LogP contribution >= 0.6 is 0 Å². The van der Waals surface area contributed by atoms with E-state index in [4.69, 9.17) is 10.5 Å². The molecule has 0 saturated heterocycles.